The summed E-state index contributed by atoms with van der Waals surface area (Å²) < 4.78 is 11.9. The van der Waals surface area contributed by atoms with Crippen molar-refractivity contribution >= 4 is 20.0 Å². The van der Waals surface area contributed by atoms with Crippen molar-refractivity contribution < 1.29 is 9.47 Å². The number of methoxy groups -OCH3 is 2. The molecule has 18 heavy (non-hydrogen) atoms. The number of ether oxygens (including phenoxy) is 2. The minimum absolute atomic E-state index is 0.611. The van der Waals surface area contributed by atoms with Gasteiger partial charge in [0.25, 0.3) is 0 Å². The van der Waals surface area contributed by atoms with Crippen molar-refractivity contribution in [3.63, 3.8) is 0 Å². The van der Waals surface area contributed by atoms with Crippen LogP contribution in [-0.2, 0) is 9.47 Å². The quantitative estimate of drug-likeness (QED) is 0.627. The third-order valence-electron chi connectivity index (χ3n) is 3.11. The molecule has 1 aliphatic carbocycles. The molecule has 0 heterocycles. The fourth-order valence-electron chi connectivity index (χ4n) is 1.92. The van der Waals surface area contributed by atoms with Crippen molar-refractivity contribution in [2.75, 3.05) is 14.2 Å². The van der Waals surface area contributed by atoms with E-state index in [4.69, 9.17) is 9.47 Å². The molecule has 0 unspecified atom stereocenters. The number of hydrogen-bond donors (Lipinski definition) is 0. The first-order chi connectivity index (χ1) is 8.71. The first kappa shape index (κ1) is 13.4. The first-order valence-corrected chi connectivity index (χ1v) is 6.66. The average Bonchev–Trinajstić information content (AvgIpc) is 2.47. The van der Waals surface area contributed by atoms with E-state index in [-0.39, 0.29) is 0 Å². The van der Waals surface area contributed by atoms with Gasteiger partial charge in [0.05, 0.1) is 0 Å². The summed E-state index contributed by atoms with van der Waals surface area (Å²) in [6.45, 7) is 0. The molecule has 0 spiro atoms. The molecule has 0 radical (unpaired) electrons. The standard InChI is InChI=1S/C15H16O2Se/c1-16-15(17-2)10-8-13(9-11-15)14(18)12-6-4-3-5-7-12/h3-10H,11H2,1-2H3. The van der Waals surface area contributed by atoms with E-state index in [1.165, 1.54) is 11.1 Å². The first-order valence-electron chi connectivity index (χ1n) is 5.80. The Balaban J connectivity index is 2.17. The van der Waals surface area contributed by atoms with Crippen LogP contribution in [-0.4, -0.2) is 40.0 Å². The van der Waals surface area contributed by atoms with E-state index < -0.39 is 5.79 Å². The summed E-state index contributed by atoms with van der Waals surface area (Å²) in [6, 6.07) is 10.3. The van der Waals surface area contributed by atoms with E-state index in [9.17, 15) is 0 Å². The van der Waals surface area contributed by atoms with Crippen molar-refractivity contribution in [2.24, 2.45) is 0 Å². The summed E-state index contributed by atoms with van der Waals surface area (Å²) in [7, 11) is 3.32. The number of rotatable bonds is 4. The number of allylic oxidation sites excluding steroid dienone is 2. The Morgan fingerprint density at radius 1 is 1.17 bits per heavy atom. The van der Waals surface area contributed by atoms with Gasteiger partial charge in [0, 0.05) is 0 Å². The molecule has 0 amide bonds. The summed E-state index contributed by atoms with van der Waals surface area (Å²) >= 11 is 3.14. The van der Waals surface area contributed by atoms with Crippen LogP contribution >= 0.6 is 0 Å². The van der Waals surface area contributed by atoms with E-state index >= 15 is 0 Å². The Bertz CT molecular complexity index is 484. The Morgan fingerprint density at radius 2 is 1.83 bits per heavy atom. The van der Waals surface area contributed by atoms with E-state index in [0.717, 1.165) is 4.42 Å². The van der Waals surface area contributed by atoms with Gasteiger partial charge in [0.15, 0.2) is 0 Å². The molecule has 0 atom stereocenters. The fourth-order valence-corrected chi connectivity index (χ4v) is 2.52. The van der Waals surface area contributed by atoms with E-state index in [1.807, 2.05) is 30.4 Å². The molecule has 0 bridgehead atoms. The van der Waals surface area contributed by atoms with Crippen molar-refractivity contribution in [1.82, 2.24) is 0 Å². The Labute approximate surface area is 116 Å². The minimum atomic E-state index is -0.611. The Morgan fingerprint density at radius 3 is 2.33 bits per heavy atom. The van der Waals surface area contributed by atoms with Gasteiger partial charge < -0.3 is 0 Å². The second-order valence-electron chi connectivity index (χ2n) is 4.11. The van der Waals surface area contributed by atoms with Crippen LogP contribution in [0, 0.1) is 0 Å². The van der Waals surface area contributed by atoms with Gasteiger partial charge in [-0.05, 0) is 0 Å². The van der Waals surface area contributed by atoms with Gasteiger partial charge in [0.2, 0.25) is 0 Å². The SMILES string of the molecule is COC1(OC)C=CC(C(=[Se])c2ccccc2)=CC1. The second kappa shape index (κ2) is 5.77. The topological polar surface area (TPSA) is 18.5 Å². The summed E-state index contributed by atoms with van der Waals surface area (Å²) in [5, 5.41) is 0. The molecule has 2 nitrogen and oxygen atoms in total. The van der Waals surface area contributed by atoms with E-state index in [0.29, 0.717) is 6.42 Å². The normalized spacial score (nSPS) is 17.3. The zero-order chi connectivity index (χ0) is 13.0. The van der Waals surface area contributed by atoms with Crippen molar-refractivity contribution in [2.45, 2.75) is 12.2 Å². The van der Waals surface area contributed by atoms with Crippen LogP contribution in [0.4, 0.5) is 0 Å². The number of benzene rings is 1. The van der Waals surface area contributed by atoms with Crippen LogP contribution in [0.2, 0.25) is 0 Å². The van der Waals surface area contributed by atoms with Crippen LogP contribution in [0.5, 0.6) is 0 Å². The molecule has 1 aliphatic rings. The van der Waals surface area contributed by atoms with Gasteiger partial charge in [-0.25, -0.2) is 0 Å². The molecule has 0 aliphatic heterocycles. The number of hydrogen-bond acceptors (Lipinski definition) is 2. The van der Waals surface area contributed by atoms with Gasteiger partial charge in [-0.15, -0.1) is 0 Å². The molecular weight excluding hydrogens is 291 g/mol. The maximum atomic E-state index is 5.39. The van der Waals surface area contributed by atoms with Gasteiger partial charge in [-0.1, -0.05) is 0 Å². The van der Waals surface area contributed by atoms with Crippen LogP contribution in [0.3, 0.4) is 0 Å². The molecule has 0 fully saturated rings. The third-order valence-corrected chi connectivity index (χ3v) is 4.10. The molecule has 1 aromatic carbocycles. The monoisotopic (exact) mass is 308 g/mol. The molecule has 0 aromatic heterocycles. The summed E-state index contributed by atoms with van der Waals surface area (Å²) in [5.74, 6) is -0.611. The van der Waals surface area contributed by atoms with Gasteiger partial charge in [-0.3, -0.25) is 0 Å². The third kappa shape index (κ3) is 2.70. The predicted molar refractivity (Wildman–Crippen MR) is 74.9 cm³/mol. The van der Waals surface area contributed by atoms with Crippen LogP contribution < -0.4 is 0 Å². The fraction of sp³-hybridized carbons (Fsp3) is 0.267. The Kier molecular flexibility index (Phi) is 4.31. The summed E-state index contributed by atoms with van der Waals surface area (Å²) in [6.07, 6.45) is 6.84. The molecule has 3 heteroatoms. The molecule has 0 saturated carbocycles. The summed E-state index contributed by atoms with van der Waals surface area (Å²) in [5.41, 5.74) is 2.36. The average molecular weight is 307 g/mol. The molecular formula is C15H16O2Se. The van der Waals surface area contributed by atoms with Crippen molar-refractivity contribution in [3.8, 4) is 0 Å². The Hall–Kier alpha value is -0.991. The summed E-state index contributed by atoms with van der Waals surface area (Å²) in [4.78, 5) is 0. The van der Waals surface area contributed by atoms with Gasteiger partial charge in [0.1, 0.15) is 0 Å². The van der Waals surface area contributed by atoms with E-state index in [2.05, 4.69) is 33.8 Å². The molecule has 1 aromatic rings. The zero-order valence-corrected chi connectivity index (χ0v) is 12.3. The molecule has 2 rings (SSSR count). The van der Waals surface area contributed by atoms with Crippen LogP contribution in [0.15, 0.2) is 54.1 Å². The predicted octanol–water partition coefficient (Wildman–Crippen LogP) is 2.25. The second-order valence-corrected chi connectivity index (χ2v) is 4.97. The maximum absolute atomic E-state index is 5.39. The van der Waals surface area contributed by atoms with Gasteiger partial charge >= 0.3 is 116 Å². The zero-order valence-electron chi connectivity index (χ0n) is 10.6. The molecule has 0 N–H and O–H groups in total. The molecule has 94 valence electrons. The van der Waals surface area contributed by atoms with Crippen LogP contribution in [0.25, 0.3) is 0 Å². The van der Waals surface area contributed by atoms with Crippen LogP contribution in [0.1, 0.15) is 12.0 Å². The van der Waals surface area contributed by atoms with Crippen molar-refractivity contribution in [3.05, 3.63) is 59.7 Å². The molecule has 0 saturated heterocycles. The van der Waals surface area contributed by atoms with Gasteiger partial charge in [-0.2, -0.15) is 0 Å². The van der Waals surface area contributed by atoms with Crippen molar-refractivity contribution in [1.29, 1.82) is 0 Å². The van der Waals surface area contributed by atoms with E-state index in [1.54, 1.807) is 14.2 Å².